The second kappa shape index (κ2) is 7.11. The van der Waals surface area contributed by atoms with E-state index in [2.05, 4.69) is 0 Å². The molecule has 0 fully saturated rings. The van der Waals surface area contributed by atoms with Gasteiger partial charge in [0.1, 0.15) is 6.10 Å². The molecular formula is C16H14O5S. The van der Waals surface area contributed by atoms with Crippen molar-refractivity contribution in [3.8, 4) is 0 Å². The smallest absolute Gasteiger partial charge is 0.291 e. The molecule has 0 radical (unpaired) electrons. The molecule has 0 aromatic heterocycles. The molecule has 0 saturated carbocycles. The minimum Gasteiger partial charge on any atom is -0.291 e. The van der Waals surface area contributed by atoms with E-state index < -0.39 is 22.0 Å². The molecule has 114 valence electrons. The van der Waals surface area contributed by atoms with Gasteiger partial charge in [-0.15, -0.1) is 0 Å². The van der Waals surface area contributed by atoms with E-state index in [1.54, 1.807) is 60.7 Å². The van der Waals surface area contributed by atoms with Crippen LogP contribution in [0.25, 0.3) is 0 Å². The van der Waals surface area contributed by atoms with Gasteiger partial charge in [0.2, 0.25) is 0 Å². The molecular weight excluding hydrogens is 304 g/mol. The van der Waals surface area contributed by atoms with Crippen molar-refractivity contribution in [3.05, 3.63) is 71.8 Å². The summed E-state index contributed by atoms with van der Waals surface area (Å²) in [5.74, 6) is -0.491. The van der Waals surface area contributed by atoms with Crippen LogP contribution in [-0.4, -0.2) is 25.9 Å². The zero-order valence-corrected chi connectivity index (χ0v) is 12.4. The maximum absolute atomic E-state index is 12.4. The average Bonchev–Trinajstić information content (AvgIpc) is 2.55. The van der Waals surface area contributed by atoms with Crippen LogP contribution >= 0.6 is 0 Å². The van der Waals surface area contributed by atoms with Crippen molar-refractivity contribution in [3.63, 3.8) is 0 Å². The summed E-state index contributed by atoms with van der Waals surface area (Å²) in [6, 6.07) is 17.1. The van der Waals surface area contributed by atoms with E-state index in [0.29, 0.717) is 5.56 Å². The van der Waals surface area contributed by atoms with Crippen LogP contribution in [0.4, 0.5) is 0 Å². The summed E-state index contributed by atoms with van der Waals surface area (Å²) in [7, 11) is -4.39. The lowest BCUT2D eigenvalue weighted by molar-refractivity contribution is 0.0805. The number of rotatable bonds is 7. The van der Waals surface area contributed by atoms with E-state index >= 15 is 0 Å². The Kier molecular flexibility index (Phi) is 5.19. The summed E-state index contributed by atoms with van der Waals surface area (Å²) in [5, 5.41) is 0. The monoisotopic (exact) mass is 318 g/mol. The van der Waals surface area contributed by atoms with Gasteiger partial charge >= 0.3 is 10.1 Å². The average molecular weight is 318 g/mol. The van der Waals surface area contributed by atoms with Crippen LogP contribution in [-0.2, 0) is 25.5 Å². The molecule has 22 heavy (non-hydrogen) atoms. The first-order chi connectivity index (χ1) is 10.5. The Morgan fingerprint density at radius 2 is 1.55 bits per heavy atom. The second-order valence-corrected chi connectivity index (χ2v) is 5.96. The molecule has 6 heteroatoms. The molecule has 2 rings (SSSR count). The van der Waals surface area contributed by atoms with Crippen molar-refractivity contribution in [1.29, 1.82) is 0 Å². The maximum atomic E-state index is 12.4. The number of hydrogen-bond donors (Lipinski definition) is 0. The number of carbonyl (C=O) groups excluding carboxylic acids is 2. The SMILES string of the molecule is O=CS(=O)(=O)OC(Cc1ccccc1)C(=O)c1ccccc1. The number of Topliss-reactive ketones (excluding diaryl/α,β-unsaturated/α-hetero) is 1. The molecule has 0 amide bonds. The second-order valence-electron chi connectivity index (χ2n) is 4.59. The van der Waals surface area contributed by atoms with Crippen molar-refractivity contribution < 1.29 is 22.2 Å². The highest BCUT2D eigenvalue weighted by Crippen LogP contribution is 2.14. The summed E-state index contributed by atoms with van der Waals surface area (Å²) >= 11 is 0. The largest absolute Gasteiger partial charge is 0.328 e. The minimum atomic E-state index is -4.39. The molecule has 5 nitrogen and oxygen atoms in total. The molecule has 0 saturated heterocycles. The van der Waals surface area contributed by atoms with Crippen LogP contribution in [0.2, 0.25) is 0 Å². The highest BCUT2D eigenvalue weighted by molar-refractivity contribution is 8.00. The quantitative estimate of drug-likeness (QED) is 0.443. The number of ketones is 1. The normalized spacial score (nSPS) is 12.5. The Bertz CT molecular complexity index is 739. The molecule has 2 aromatic rings. The van der Waals surface area contributed by atoms with E-state index in [0.717, 1.165) is 5.56 Å². The first-order valence-corrected chi connectivity index (χ1v) is 8.00. The van der Waals surface area contributed by atoms with E-state index in [-0.39, 0.29) is 12.0 Å². The van der Waals surface area contributed by atoms with E-state index in [4.69, 9.17) is 4.18 Å². The zero-order chi connectivity index (χ0) is 16.0. The van der Waals surface area contributed by atoms with E-state index in [9.17, 15) is 18.0 Å². The highest BCUT2D eigenvalue weighted by Gasteiger charge is 2.27. The Morgan fingerprint density at radius 3 is 2.09 bits per heavy atom. The van der Waals surface area contributed by atoms with Gasteiger partial charge in [0.05, 0.1) is 0 Å². The number of carbonyl (C=O) groups is 2. The number of benzene rings is 2. The lowest BCUT2D eigenvalue weighted by Gasteiger charge is -2.15. The van der Waals surface area contributed by atoms with Gasteiger partial charge in [-0.3, -0.25) is 13.8 Å². The van der Waals surface area contributed by atoms with Crippen LogP contribution in [0.3, 0.4) is 0 Å². The van der Waals surface area contributed by atoms with Gasteiger partial charge in [0, 0.05) is 12.0 Å². The fraction of sp³-hybridized carbons (Fsp3) is 0.125. The Labute approximate surface area is 128 Å². The molecule has 0 N–H and O–H groups in total. The van der Waals surface area contributed by atoms with Gasteiger partial charge in [0.15, 0.2) is 5.78 Å². The maximum Gasteiger partial charge on any atom is 0.328 e. The fourth-order valence-electron chi connectivity index (χ4n) is 1.97. The molecule has 1 unspecified atom stereocenters. The lowest BCUT2D eigenvalue weighted by Crippen LogP contribution is -2.30. The third-order valence-corrected chi connectivity index (χ3v) is 3.72. The van der Waals surface area contributed by atoms with Gasteiger partial charge in [-0.05, 0) is 5.56 Å². The molecule has 0 spiro atoms. The zero-order valence-electron chi connectivity index (χ0n) is 11.6. The summed E-state index contributed by atoms with van der Waals surface area (Å²) in [6.45, 7) is 0. The van der Waals surface area contributed by atoms with Crippen molar-refractivity contribution in [2.75, 3.05) is 0 Å². The van der Waals surface area contributed by atoms with Crippen LogP contribution < -0.4 is 0 Å². The minimum absolute atomic E-state index is 0.0572. The van der Waals surface area contributed by atoms with E-state index in [1.165, 1.54) is 0 Å². The summed E-state index contributed by atoms with van der Waals surface area (Å²) in [4.78, 5) is 23.0. The Morgan fingerprint density at radius 1 is 1.00 bits per heavy atom. The predicted octanol–water partition coefficient (Wildman–Crippen LogP) is 2.02. The Balaban J connectivity index is 2.29. The third kappa shape index (κ3) is 4.34. The van der Waals surface area contributed by atoms with Gasteiger partial charge in [-0.1, -0.05) is 60.7 Å². The third-order valence-electron chi connectivity index (χ3n) is 2.98. The van der Waals surface area contributed by atoms with Crippen molar-refractivity contribution in [2.45, 2.75) is 12.5 Å². The van der Waals surface area contributed by atoms with Crippen LogP contribution in [0, 0.1) is 0 Å². The molecule has 0 bridgehead atoms. The van der Waals surface area contributed by atoms with Crippen LogP contribution in [0.1, 0.15) is 15.9 Å². The fourth-order valence-corrected chi connectivity index (χ4v) is 2.50. The standard InChI is InChI=1S/C16H14O5S/c17-12-22(19,20)21-15(11-13-7-3-1-4-8-13)16(18)14-9-5-2-6-10-14/h1-10,12,15H,11H2. The van der Waals surface area contributed by atoms with Gasteiger partial charge in [-0.2, -0.15) is 8.42 Å². The summed E-state index contributed by atoms with van der Waals surface area (Å²) < 4.78 is 27.5. The molecule has 0 aliphatic carbocycles. The summed E-state index contributed by atoms with van der Waals surface area (Å²) in [6.07, 6.45) is -1.22. The van der Waals surface area contributed by atoms with Crippen molar-refractivity contribution in [2.24, 2.45) is 0 Å². The first-order valence-electron chi connectivity index (χ1n) is 6.53. The van der Waals surface area contributed by atoms with Crippen molar-refractivity contribution >= 4 is 21.5 Å². The Hall–Kier alpha value is -2.31. The van der Waals surface area contributed by atoms with Gasteiger partial charge in [0.25, 0.3) is 5.62 Å². The molecule has 0 heterocycles. The highest BCUT2D eigenvalue weighted by atomic mass is 32.2. The summed E-state index contributed by atoms with van der Waals surface area (Å²) in [5.41, 5.74) is 0.755. The lowest BCUT2D eigenvalue weighted by atomic mass is 10.0. The van der Waals surface area contributed by atoms with Crippen LogP contribution in [0.5, 0.6) is 0 Å². The predicted molar refractivity (Wildman–Crippen MR) is 81.5 cm³/mol. The molecule has 0 aliphatic heterocycles. The van der Waals surface area contributed by atoms with Gasteiger partial charge < -0.3 is 0 Å². The number of hydrogen-bond acceptors (Lipinski definition) is 5. The van der Waals surface area contributed by atoms with Crippen LogP contribution in [0.15, 0.2) is 60.7 Å². The molecule has 2 aromatic carbocycles. The van der Waals surface area contributed by atoms with E-state index in [1.807, 2.05) is 0 Å². The van der Waals surface area contributed by atoms with Gasteiger partial charge in [-0.25, -0.2) is 0 Å². The first kappa shape index (κ1) is 16.1. The topological polar surface area (TPSA) is 77.5 Å². The molecule has 1 atom stereocenters. The van der Waals surface area contributed by atoms with Crippen molar-refractivity contribution in [1.82, 2.24) is 0 Å². The molecule has 0 aliphatic rings.